The fraction of sp³-hybridized carbons (Fsp3) is 0.500. The number of nitrogens with zero attached hydrogens (tertiary/aromatic N) is 1. The summed E-state index contributed by atoms with van der Waals surface area (Å²) in [5.41, 5.74) is 6.58. The largest absolute Gasteiger partial charge is 0.329 e. The Kier molecular flexibility index (Phi) is 3.51. The van der Waals surface area contributed by atoms with Crippen molar-refractivity contribution in [1.29, 1.82) is 0 Å². The van der Waals surface area contributed by atoms with Crippen LogP contribution < -0.4 is 5.73 Å². The van der Waals surface area contributed by atoms with E-state index in [0.717, 1.165) is 18.4 Å². The molecule has 94 valence electrons. The number of aryl methyl sites for hydroxylation is 1. The lowest BCUT2D eigenvalue weighted by Crippen LogP contribution is -2.39. The molecule has 0 amide bonds. The van der Waals surface area contributed by atoms with Crippen LogP contribution in [0.25, 0.3) is 0 Å². The first-order valence-corrected chi connectivity index (χ1v) is 7.28. The third-order valence-electron chi connectivity index (χ3n) is 3.19. The number of benzene rings is 1. The summed E-state index contributed by atoms with van der Waals surface area (Å²) in [6.07, 6.45) is 1.76. The van der Waals surface area contributed by atoms with Gasteiger partial charge in [-0.1, -0.05) is 12.1 Å². The predicted molar refractivity (Wildman–Crippen MR) is 67.1 cm³/mol. The van der Waals surface area contributed by atoms with Gasteiger partial charge in [-0.2, -0.15) is 4.31 Å². The minimum Gasteiger partial charge on any atom is -0.329 e. The van der Waals surface area contributed by atoms with Gasteiger partial charge in [0.1, 0.15) is 0 Å². The second kappa shape index (κ2) is 4.76. The topological polar surface area (TPSA) is 63.4 Å². The zero-order valence-corrected chi connectivity index (χ0v) is 10.8. The number of hydrogen-bond donors (Lipinski definition) is 1. The van der Waals surface area contributed by atoms with Gasteiger partial charge in [0.25, 0.3) is 0 Å². The van der Waals surface area contributed by atoms with Crippen LogP contribution in [0.5, 0.6) is 0 Å². The van der Waals surface area contributed by atoms with Gasteiger partial charge in [-0.25, -0.2) is 8.42 Å². The highest BCUT2D eigenvalue weighted by Crippen LogP contribution is 2.25. The summed E-state index contributed by atoms with van der Waals surface area (Å²) in [5, 5.41) is 0. The highest BCUT2D eigenvalue weighted by Gasteiger charge is 2.34. The highest BCUT2D eigenvalue weighted by atomic mass is 32.2. The standard InChI is InChI=1S/C12H18N2O2S/c1-10-4-2-6-12(8-10)17(15,16)14-7-3-5-11(14)9-13/h2,4,6,8,11H,3,5,7,9,13H2,1H3/t11-/m1/s1. The van der Waals surface area contributed by atoms with Crippen molar-refractivity contribution in [2.75, 3.05) is 13.1 Å². The summed E-state index contributed by atoms with van der Waals surface area (Å²) in [7, 11) is -3.37. The second-order valence-electron chi connectivity index (χ2n) is 4.46. The molecule has 17 heavy (non-hydrogen) atoms. The molecule has 0 aromatic heterocycles. The lowest BCUT2D eigenvalue weighted by atomic mass is 10.2. The first-order chi connectivity index (χ1) is 8.05. The SMILES string of the molecule is Cc1cccc(S(=O)(=O)N2CCC[C@@H]2CN)c1. The Hall–Kier alpha value is -0.910. The molecule has 4 nitrogen and oxygen atoms in total. The van der Waals surface area contributed by atoms with Gasteiger partial charge in [0.05, 0.1) is 4.90 Å². The average Bonchev–Trinajstić information content (AvgIpc) is 2.77. The maximum atomic E-state index is 12.4. The van der Waals surface area contributed by atoms with Crippen LogP contribution in [0.4, 0.5) is 0 Å². The Balaban J connectivity index is 2.36. The average molecular weight is 254 g/mol. The summed E-state index contributed by atoms with van der Waals surface area (Å²) in [4.78, 5) is 0.373. The Morgan fingerprint density at radius 2 is 2.24 bits per heavy atom. The van der Waals surface area contributed by atoms with Crippen LogP contribution in [0.2, 0.25) is 0 Å². The molecule has 2 N–H and O–H groups in total. The number of hydrogen-bond acceptors (Lipinski definition) is 3. The molecular formula is C12H18N2O2S. The lowest BCUT2D eigenvalue weighted by molar-refractivity contribution is 0.393. The third kappa shape index (κ3) is 2.36. The Morgan fingerprint density at radius 1 is 1.47 bits per heavy atom. The van der Waals surface area contributed by atoms with Crippen molar-refractivity contribution >= 4 is 10.0 Å². The van der Waals surface area contributed by atoms with Crippen molar-refractivity contribution in [2.24, 2.45) is 5.73 Å². The van der Waals surface area contributed by atoms with E-state index in [4.69, 9.17) is 5.73 Å². The third-order valence-corrected chi connectivity index (χ3v) is 5.14. The van der Waals surface area contributed by atoms with E-state index in [0.29, 0.717) is 18.0 Å². The fourth-order valence-corrected chi connectivity index (χ4v) is 4.08. The van der Waals surface area contributed by atoms with Gasteiger partial charge < -0.3 is 5.73 Å². The molecule has 0 bridgehead atoms. The maximum Gasteiger partial charge on any atom is 0.243 e. The van der Waals surface area contributed by atoms with Crippen molar-refractivity contribution < 1.29 is 8.42 Å². The van der Waals surface area contributed by atoms with Crippen LogP contribution in [0.1, 0.15) is 18.4 Å². The lowest BCUT2D eigenvalue weighted by Gasteiger charge is -2.22. The minimum atomic E-state index is -3.37. The Morgan fingerprint density at radius 3 is 2.88 bits per heavy atom. The molecule has 0 aliphatic carbocycles. The van der Waals surface area contributed by atoms with E-state index in [2.05, 4.69) is 0 Å². The summed E-state index contributed by atoms with van der Waals surface area (Å²) in [6.45, 7) is 2.87. The van der Waals surface area contributed by atoms with E-state index in [1.54, 1.807) is 22.5 Å². The van der Waals surface area contributed by atoms with Crippen molar-refractivity contribution in [2.45, 2.75) is 30.7 Å². The molecule has 1 aliphatic heterocycles. The molecule has 2 rings (SSSR count). The Bertz CT molecular complexity index is 499. The molecule has 1 atom stereocenters. The minimum absolute atomic E-state index is 0.0412. The summed E-state index contributed by atoms with van der Waals surface area (Å²) < 4.78 is 26.4. The zero-order chi connectivity index (χ0) is 12.5. The van der Waals surface area contributed by atoms with Crippen LogP contribution in [0.3, 0.4) is 0 Å². The molecule has 0 unspecified atom stereocenters. The van der Waals surface area contributed by atoms with E-state index in [9.17, 15) is 8.42 Å². The molecular weight excluding hydrogens is 236 g/mol. The normalized spacial score (nSPS) is 21.9. The molecule has 1 heterocycles. The molecule has 1 aromatic carbocycles. The molecule has 5 heteroatoms. The van der Waals surface area contributed by atoms with Crippen molar-refractivity contribution in [3.63, 3.8) is 0 Å². The molecule has 0 saturated carbocycles. The van der Waals surface area contributed by atoms with E-state index in [1.807, 2.05) is 13.0 Å². The Labute approximate surface area is 102 Å². The number of nitrogens with two attached hydrogens (primary N) is 1. The van der Waals surface area contributed by atoms with Crippen LogP contribution in [-0.2, 0) is 10.0 Å². The van der Waals surface area contributed by atoms with Crippen LogP contribution in [0, 0.1) is 6.92 Å². The maximum absolute atomic E-state index is 12.4. The number of sulfonamides is 1. The van der Waals surface area contributed by atoms with Crippen molar-refractivity contribution in [3.8, 4) is 0 Å². The van der Waals surface area contributed by atoms with Crippen LogP contribution >= 0.6 is 0 Å². The molecule has 1 aromatic rings. The first-order valence-electron chi connectivity index (χ1n) is 5.84. The van der Waals surface area contributed by atoms with Gasteiger partial charge >= 0.3 is 0 Å². The van der Waals surface area contributed by atoms with Crippen LogP contribution in [-0.4, -0.2) is 31.9 Å². The highest BCUT2D eigenvalue weighted by molar-refractivity contribution is 7.89. The fourth-order valence-electron chi connectivity index (χ4n) is 2.27. The molecule has 1 fully saturated rings. The summed E-state index contributed by atoms with van der Waals surface area (Å²) in [6, 6.07) is 6.98. The zero-order valence-electron chi connectivity index (χ0n) is 9.96. The first kappa shape index (κ1) is 12.5. The summed E-state index contributed by atoms with van der Waals surface area (Å²) >= 11 is 0. The van der Waals surface area contributed by atoms with Crippen LogP contribution in [0.15, 0.2) is 29.2 Å². The van der Waals surface area contributed by atoms with E-state index >= 15 is 0 Å². The van der Waals surface area contributed by atoms with Gasteiger partial charge in [-0.3, -0.25) is 0 Å². The quantitative estimate of drug-likeness (QED) is 0.878. The van der Waals surface area contributed by atoms with Crippen molar-refractivity contribution in [3.05, 3.63) is 29.8 Å². The van der Waals surface area contributed by atoms with Crippen molar-refractivity contribution in [1.82, 2.24) is 4.31 Å². The molecule has 0 spiro atoms. The molecule has 1 aliphatic rings. The van der Waals surface area contributed by atoms with Gasteiger partial charge in [0, 0.05) is 19.1 Å². The smallest absolute Gasteiger partial charge is 0.243 e. The monoisotopic (exact) mass is 254 g/mol. The van der Waals surface area contributed by atoms with Gasteiger partial charge in [-0.05, 0) is 37.5 Å². The van der Waals surface area contributed by atoms with Gasteiger partial charge in [0.2, 0.25) is 10.0 Å². The summed E-state index contributed by atoms with van der Waals surface area (Å²) in [5.74, 6) is 0. The van der Waals surface area contributed by atoms with Gasteiger partial charge in [-0.15, -0.1) is 0 Å². The predicted octanol–water partition coefficient (Wildman–Crippen LogP) is 1.11. The van der Waals surface area contributed by atoms with E-state index < -0.39 is 10.0 Å². The number of rotatable bonds is 3. The van der Waals surface area contributed by atoms with Gasteiger partial charge in [0.15, 0.2) is 0 Å². The molecule has 1 saturated heterocycles. The van der Waals surface area contributed by atoms with E-state index in [-0.39, 0.29) is 6.04 Å². The van der Waals surface area contributed by atoms with E-state index in [1.165, 1.54) is 0 Å². The second-order valence-corrected chi connectivity index (χ2v) is 6.35. The molecule has 0 radical (unpaired) electrons.